The number of halogens is 1. The molecule has 1 saturated heterocycles. The Balaban J connectivity index is 1.55. The zero-order valence-corrected chi connectivity index (χ0v) is 15.8. The van der Waals surface area contributed by atoms with Crippen molar-refractivity contribution in [2.24, 2.45) is 0 Å². The first-order chi connectivity index (χ1) is 13.1. The summed E-state index contributed by atoms with van der Waals surface area (Å²) in [7, 11) is 0. The summed E-state index contributed by atoms with van der Waals surface area (Å²) in [5, 5.41) is 0.693. The second-order valence-corrected chi connectivity index (χ2v) is 7.18. The molecule has 1 aliphatic rings. The highest BCUT2D eigenvalue weighted by Gasteiger charge is 2.34. The maximum atomic E-state index is 12.9. The number of likely N-dealkylation sites (tertiary alicyclic amines) is 1. The van der Waals surface area contributed by atoms with Crippen LogP contribution in [0.2, 0.25) is 5.02 Å². The summed E-state index contributed by atoms with van der Waals surface area (Å²) in [5.41, 5.74) is 1.65. The second kappa shape index (κ2) is 7.56. The number of nitrogens with zero attached hydrogens (tertiary/aromatic N) is 3. The molecule has 0 saturated carbocycles. The Morgan fingerprint density at radius 3 is 3.00 bits per heavy atom. The number of hydrogen-bond donors (Lipinski definition) is 0. The fourth-order valence-corrected chi connectivity index (χ4v) is 3.69. The van der Waals surface area contributed by atoms with Crippen molar-refractivity contribution >= 4 is 17.5 Å². The van der Waals surface area contributed by atoms with Gasteiger partial charge in [-0.05, 0) is 43.9 Å². The molecular weight excluding hydrogens is 366 g/mol. The lowest BCUT2D eigenvalue weighted by atomic mass is 10.0. The van der Waals surface area contributed by atoms with Gasteiger partial charge in [0.15, 0.2) is 6.39 Å². The molecule has 0 bridgehead atoms. The summed E-state index contributed by atoms with van der Waals surface area (Å²) in [5.74, 6) is 1.44. The number of carbonyl (C=O) groups excluding carboxylic acids is 1. The Labute approximate surface area is 162 Å². The van der Waals surface area contributed by atoms with Gasteiger partial charge in [0, 0.05) is 18.0 Å². The third kappa shape index (κ3) is 3.76. The number of piperidine rings is 1. The van der Waals surface area contributed by atoms with E-state index in [0.29, 0.717) is 29.6 Å². The van der Waals surface area contributed by atoms with Gasteiger partial charge in [-0.3, -0.25) is 4.79 Å². The van der Waals surface area contributed by atoms with E-state index in [1.807, 2.05) is 24.3 Å². The molecule has 4 rings (SSSR count). The average Bonchev–Trinajstić information content (AvgIpc) is 3.30. The van der Waals surface area contributed by atoms with E-state index in [0.717, 1.165) is 30.6 Å². The topological polar surface area (TPSA) is 72.4 Å². The van der Waals surface area contributed by atoms with Gasteiger partial charge in [-0.1, -0.05) is 23.7 Å². The van der Waals surface area contributed by atoms with E-state index in [1.54, 1.807) is 18.0 Å². The molecule has 3 heterocycles. The Bertz CT molecular complexity index is 949. The van der Waals surface area contributed by atoms with Crippen molar-refractivity contribution in [2.75, 3.05) is 6.54 Å². The molecular formula is C20H20ClN3O3. The summed E-state index contributed by atoms with van der Waals surface area (Å²) < 4.78 is 11.3. The molecule has 0 unspecified atom stereocenters. The van der Waals surface area contributed by atoms with Crippen LogP contribution in [0.5, 0.6) is 0 Å². The van der Waals surface area contributed by atoms with Crippen LogP contribution in [-0.4, -0.2) is 27.3 Å². The van der Waals surface area contributed by atoms with E-state index >= 15 is 0 Å². The quantitative estimate of drug-likeness (QED) is 0.657. The number of aryl methyl sites for hydroxylation is 1. The summed E-state index contributed by atoms with van der Waals surface area (Å²) in [6.45, 7) is 2.42. The highest BCUT2D eigenvalue weighted by Crippen LogP contribution is 2.32. The Kier molecular flexibility index (Phi) is 4.99. The number of aromatic nitrogens is 2. The Hall–Kier alpha value is -2.60. The molecule has 0 aliphatic carbocycles. The first-order valence-electron chi connectivity index (χ1n) is 9.02. The van der Waals surface area contributed by atoms with Gasteiger partial charge in [-0.25, -0.2) is 9.97 Å². The van der Waals surface area contributed by atoms with Crippen molar-refractivity contribution in [3.63, 3.8) is 0 Å². The van der Waals surface area contributed by atoms with Gasteiger partial charge in [-0.15, -0.1) is 0 Å². The predicted octanol–water partition coefficient (Wildman–Crippen LogP) is 4.58. The molecule has 7 heteroatoms. The number of hydrogen-bond acceptors (Lipinski definition) is 5. The zero-order chi connectivity index (χ0) is 18.8. The first-order valence-corrected chi connectivity index (χ1v) is 9.39. The van der Waals surface area contributed by atoms with Crippen LogP contribution in [0.4, 0.5) is 0 Å². The van der Waals surface area contributed by atoms with Gasteiger partial charge in [0.1, 0.15) is 11.8 Å². The average molecular weight is 386 g/mol. The normalized spacial score (nSPS) is 17.3. The van der Waals surface area contributed by atoms with E-state index < -0.39 is 0 Å². The fraction of sp³-hybridized carbons (Fsp3) is 0.350. The Morgan fingerprint density at radius 1 is 1.33 bits per heavy atom. The number of benzene rings is 1. The van der Waals surface area contributed by atoms with Crippen LogP contribution in [0.1, 0.15) is 58.8 Å². The molecule has 0 N–H and O–H groups in total. The SMILES string of the molecule is Cc1ncoc1C(=O)N1CCCC[C@@H]1c1ncc(Cc2cccc(Cl)c2)o1. The van der Waals surface area contributed by atoms with E-state index in [4.69, 9.17) is 20.4 Å². The highest BCUT2D eigenvalue weighted by atomic mass is 35.5. The van der Waals surface area contributed by atoms with Crippen molar-refractivity contribution in [3.05, 3.63) is 70.5 Å². The molecule has 3 aromatic rings. The third-order valence-corrected chi connectivity index (χ3v) is 5.06. The molecule has 2 aromatic heterocycles. The fourth-order valence-electron chi connectivity index (χ4n) is 3.48. The van der Waals surface area contributed by atoms with Crippen molar-refractivity contribution < 1.29 is 13.6 Å². The van der Waals surface area contributed by atoms with Crippen molar-refractivity contribution in [2.45, 2.75) is 38.6 Å². The van der Waals surface area contributed by atoms with Crippen LogP contribution >= 0.6 is 11.6 Å². The van der Waals surface area contributed by atoms with E-state index in [9.17, 15) is 4.79 Å². The number of amides is 1. The van der Waals surface area contributed by atoms with Gasteiger partial charge >= 0.3 is 0 Å². The van der Waals surface area contributed by atoms with E-state index in [-0.39, 0.29) is 17.7 Å². The Morgan fingerprint density at radius 2 is 2.22 bits per heavy atom. The highest BCUT2D eigenvalue weighted by molar-refractivity contribution is 6.30. The molecule has 1 fully saturated rings. The smallest absolute Gasteiger partial charge is 0.292 e. The van der Waals surface area contributed by atoms with Crippen molar-refractivity contribution in [3.8, 4) is 0 Å². The van der Waals surface area contributed by atoms with Crippen LogP contribution in [0.15, 0.2) is 45.7 Å². The first kappa shape index (κ1) is 17.8. The molecule has 6 nitrogen and oxygen atoms in total. The van der Waals surface area contributed by atoms with E-state index in [2.05, 4.69) is 9.97 Å². The molecule has 140 valence electrons. The number of carbonyl (C=O) groups is 1. The van der Waals surface area contributed by atoms with Crippen LogP contribution < -0.4 is 0 Å². The van der Waals surface area contributed by atoms with Gasteiger partial charge < -0.3 is 13.7 Å². The minimum absolute atomic E-state index is 0.163. The van der Waals surface area contributed by atoms with Gasteiger partial charge in [0.2, 0.25) is 11.7 Å². The maximum Gasteiger partial charge on any atom is 0.292 e. The molecule has 27 heavy (non-hydrogen) atoms. The van der Waals surface area contributed by atoms with Crippen LogP contribution in [0, 0.1) is 6.92 Å². The van der Waals surface area contributed by atoms with Gasteiger partial charge in [0.05, 0.1) is 11.9 Å². The predicted molar refractivity (Wildman–Crippen MR) is 99.6 cm³/mol. The molecule has 1 aliphatic heterocycles. The van der Waals surface area contributed by atoms with Crippen molar-refractivity contribution in [1.29, 1.82) is 0 Å². The molecule has 0 spiro atoms. The molecule has 1 aromatic carbocycles. The largest absolute Gasteiger partial charge is 0.443 e. The lowest BCUT2D eigenvalue weighted by Crippen LogP contribution is -2.38. The van der Waals surface area contributed by atoms with Crippen LogP contribution in [-0.2, 0) is 6.42 Å². The third-order valence-electron chi connectivity index (χ3n) is 4.83. The summed E-state index contributed by atoms with van der Waals surface area (Å²) in [6.07, 6.45) is 6.43. The molecule has 1 atom stereocenters. The second-order valence-electron chi connectivity index (χ2n) is 6.75. The minimum Gasteiger partial charge on any atom is -0.443 e. The van der Waals surface area contributed by atoms with Gasteiger partial charge in [-0.2, -0.15) is 0 Å². The molecule has 0 radical (unpaired) electrons. The monoisotopic (exact) mass is 385 g/mol. The maximum absolute atomic E-state index is 12.9. The zero-order valence-electron chi connectivity index (χ0n) is 15.0. The van der Waals surface area contributed by atoms with Crippen LogP contribution in [0.25, 0.3) is 0 Å². The minimum atomic E-state index is -0.191. The van der Waals surface area contributed by atoms with Crippen molar-refractivity contribution in [1.82, 2.24) is 14.9 Å². The van der Waals surface area contributed by atoms with E-state index in [1.165, 1.54) is 6.39 Å². The van der Waals surface area contributed by atoms with Crippen LogP contribution in [0.3, 0.4) is 0 Å². The standard InChI is InChI=1S/C20H20ClN3O3/c1-13-18(26-12-23-13)20(25)24-8-3-2-7-17(24)19-22-11-16(27-19)10-14-5-4-6-15(21)9-14/h4-6,9,11-12,17H,2-3,7-8,10H2,1H3/t17-/m1/s1. The summed E-state index contributed by atoms with van der Waals surface area (Å²) in [6, 6.07) is 7.47. The number of oxazole rings is 2. The number of rotatable bonds is 4. The van der Waals surface area contributed by atoms with Gasteiger partial charge in [0.25, 0.3) is 5.91 Å². The lowest BCUT2D eigenvalue weighted by Gasteiger charge is -2.33. The summed E-state index contributed by atoms with van der Waals surface area (Å²) >= 11 is 6.05. The molecule has 1 amide bonds. The summed E-state index contributed by atoms with van der Waals surface area (Å²) in [4.78, 5) is 23.2. The lowest BCUT2D eigenvalue weighted by molar-refractivity contribution is 0.0537.